The third-order valence-corrected chi connectivity index (χ3v) is 4.07. The minimum absolute atomic E-state index is 0.318. The molecule has 1 unspecified atom stereocenters. The lowest BCUT2D eigenvalue weighted by molar-refractivity contribution is -0.115. The van der Waals surface area contributed by atoms with E-state index in [-0.39, 0.29) is 5.91 Å². The molecule has 1 rings (SSSR count). The summed E-state index contributed by atoms with van der Waals surface area (Å²) < 4.78 is 15.5. The molecule has 1 heterocycles. The molecule has 0 aliphatic carbocycles. The molecule has 0 radical (unpaired) electrons. The van der Waals surface area contributed by atoms with Crippen molar-refractivity contribution < 1.29 is 9.00 Å². The molecule has 0 spiro atoms. The largest absolute Gasteiger partial charge is 0.316 e. The smallest absolute Gasteiger partial charge is 0.250 e. The van der Waals surface area contributed by atoms with Gasteiger partial charge in [0, 0.05) is 25.0 Å². The monoisotopic (exact) mass is 190 g/mol. The molecular weight excluding hydrogens is 176 g/mol. The highest BCUT2D eigenvalue weighted by atomic mass is 32.2. The third-order valence-electron chi connectivity index (χ3n) is 1.71. The Labute approximate surface area is 72.9 Å². The lowest BCUT2D eigenvalue weighted by atomic mass is 10.5. The Morgan fingerprint density at radius 1 is 1.42 bits per heavy atom. The van der Waals surface area contributed by atoms with Crippen LogP contribution < -0.4 is 5.32 Å². The molecule has 1 aliphatic heterocycles. The molecule has 0 aromatic heterocycles. The maximum absolute atomic E-state index is 11.8. The van der Waals surface area contributed by atoms with Crippen molar-refractivity contribution in [1.82, 2.24) is 5.32 Å². The summed E-state index contributed by atoms with van der Waals surface area (Å²) in [5.74, 6) is 0.744. The van der Waals surface area contributed by atoms with E-state index in [1.807, 2.05) is 0 Å². The SMILES string of the molecule is CC(=O)N=S1(=O)CCCNCC1. The number of nitrogens with zero attached hydrogens (tertiary/aromatic N) is 1. The fraction of sp³-hybridized carbons (Fsp3) is 0.857. The van der Waals surface area contributed by atoms with Crippen LogP contribution in [0.4, 0.5) is 0 Å². The molecule has 1 saturated heterocycles. The Bertz CT molecular complexity index is 265. The van der Waals surface area contributed by atoms with Crippen LogP contribution in [-0.2, 0) is 14.5 Å². The summed E-state index contributed by atoms with van der Waals surface area (Å²) in [4.78, 5) is 10.7. The molecule has 4 nitrogen and oxygen atoms in total. The maximum Gasteiger partial charge on any atom is 0.250 e. The first kappa shape index (κ1) is 9.67. The molecular formula is C7H14N2O2S. The van der Waals surface area contributed by atoms with Crippen LogP contribution in [0.1, 0.15) is 13.3 Å². The van der Waals surface area contributed by atoms with Gasteiger partial charge in [-0.2, -0.15) is 4.36 Å². The first-order valence-corrected chi connectivity index (χ1v) is 5.91. The zero-order valence-corrected chi connectivity index (χ0v) is 8.02. The van der Waals surface area contributed by atoms with Crippen LogP contribution in [0.3, 0.4) is 0 Å². The molecule has 12 heavy (non-hydrogen) atoms. The Morgan fingerprint density at radius 2 is 2.17 bits per heavy atom. The van der Waals surface area contributed by atoms with Gasteiger partial charge in [-0.3, -0.25) is 4.79 Å². The number of nitrogens with one attached hydrogen (secondary N) is 1. The second-order valence-electron chi connectivity index (χ2n) is 2.89. The van der Waals surface area contributed by atoms with Crippen molar-refractivity contribution in [3.63, 3.8) is 0 Å². The second kappa shape index (κ2) is 4.00. The van der Waals surface area contributed by atoms with Crippen LogP contribution in [0.15, 0.2) is 4.36 Å². The molecule has 1 fully saturated rings. The van der Waals surface area contributed by atoms with Gasteiger partial charge in [-0.05, 0) is 13.0 Å². The molecule has 0 bridgehead atoms. The van der Waals surface area contributed by atoms with Gasteiger partial charge >= 0.3 is 0 Å². The van der Waals surface area contributed by atoms with E-state index in [0.29, 0.717) is 18.1 Å². The minimum Gasteiger partial charge on any atom is -0.316 e. The van der Waals surface area contributed by atoms with Gasteiger partial charge in [-0.25, -0.2) is 4.21 Å². The molecule has 0 aromatic carbocycles. The van der Waals surface area contributed by atoms with Crippen LogP contribution in [0.2, 0.25) is 0 Å². The fourth-order valence-corrected chi connectivity index (χ4v) is 3.12. The van der Waals surface area contributed by atoms with Crippen LogP contribution in [0.25, 0.3) is 0 Å². The van der Waals surface area contributed by atoms with Crippen LogP contribution in [0, 0.1) is 0 Å². The highest BCUT2D eigenvalue weighted by Gasteiger charge is 2.12. The molecule has 1 aliphatic rings. The lowest BCUT2D eigenvalue weighted by Crippen LogP contribution is -2.18. The van der Waals surface area contributed by atoms with Gasteiger partial charge in [0.15, 0.2) is 0 Å². The summed E-state index contributed by atoms with van der Waals surface area (Å²) in [5.41, 5.74) is 0. The lowest BCUT2D eigenvalue weighted by Gasteiger charge is -2.02. The Kier molecular flexibility index (Phi) is 3.22. The summed E-state index contributed by atoms with van der Waals surface area (Å²) in [6.07, 6.45) is 0.843. The van der Waals surface area contributed by atoms with Gasteiger partial charge in [0.25, 0.3) is 5.91 Å². The van der Waals surface area contributed by atoms with E-state index >= 15 is 0 Å². The average molecular weight is 190 g/mol. The Hall–Kier alpha value is -0.420. The van der Waals surface area contributed by atoms with E-state index in [4.69, 9.17) is 0 Å². The van der Waals surface area contributed by atoms with Crippen molar-refractivity contribution in [2.24, 2.45) is 4.36 Å². The fourth-order valence-electron chi connectivity index (χ4n) is 1.21. The summed E-state index contributed by atoms with van der Waals surface area (Å²) >= 11 is 0. The number of hydrogen-bond donors (Lipinski definition) is 1. The Morgan fingerprint density at radius 3 is 2.83 bits per heavy atom. The van der Waals surface area contributed by atoms with E-state index in [9.17, 15) is 9.00 Å². The highest BCUT2D eigenvalue weighted by Crippen LogP contribution is 2.02. The molecule has 1 amide bonds. The number of hydrogen-bond acceptors (Lipinski definition) is 3. The van der Waals surface area contributed by atoms with Gasteiger partial charge in [-0.1, -0.05) is 0 Å². The summed E-state index contributed by atoms with van der Waals surface area (Å²) in [5, 5.41) is 3.13. The van der Waals surface area contributed by atoms with Crippen molar-refractivity contribution in [2.75, 3.05) is 24.6 Å². The Balaban J connectivity index is 2.80. The van der Waals surface area contributed by atoms with E-state index in [1.165, 1.54) is 6.92 Å². The zero-order valence-electron chi connectivity index (χ0n) is 7.21. The second-order valence-corrected chi connectivity index (χ2v) is 5.44. The topological polar surface area (TPSA) is 58.5 Å². The van der Waals surface area contributed by atoms with E-state index < -0.39 is 9.73 Å². The normalized spacial score (nSPS) is 30.8. The van der Waals surface area contributed by atoms with Crippen molar-refractivity contribution in [3.05, 3.63) is 0 Å². The number of rotatable bonds is 0. The summed E-state index contributed by atoms with van der Waals surface area (Å²) in [6.45, 7) is 2.94. The van der Waals surface area contributed by atoms with Gasteiger partial charge in [0.2, 0.25) is 0 Å². The molecule has 70 valence electrons. The van der Waals surface area contributed by atoms with Gasteiger partial charge in [-0.15, -0.1) is 0 Å². The van der Waals surface area contributed by atoms with Crippen LogP contribution >= 0.6 is 0 Å². The first-order valence-electron chi connectivity index (χ1n) is 4.06. The first-order chi connectivity index (χ1) is 5.62. The number of amides is 1. The molecule has 5 heteroatoms. The van der Waals surface area contributed by atoms with Crippen LogP contribution in [0.5, 0.6) is 0 Å². The highest BCUT2D eigenvalue weighted by molar-refractivity contribution is 7.93. The standard InChI is InChI=1S/C7H14N2O2S/c1-7(10)9-12(11)5-2-3-8-4-6-12/h8H,2-6H2,1H3. The van der Waals surface area contributed by atoms with E-state index in [2.05, 4.69) is 9.68 Å². The van der Waals surface area contributed by atoms with Crippen molar-refractivity contribution in [1.29, 1.82) is 0 Å². The van der Waals surface area contributed by atoms with Gasteiger partial charge in [0.1, 0.15) is 0 Å². The van der Waals surface area contributed by atoms with E-state index in [1.54, 1.807) is 0 Å². The summed E-state index contributed by atoms with van der Waals surface area (Å²) in [6, 6.07) is 0. The molecule has 0 saturated carbocycles. The number of carbonyl (C=O) groups is 1. The van der Waals surface area contributed by atoms with Crippen molar-refractivity contribution in [2.45, 2.75) is 13.3 Å². The van der Waals surface area contributed by atoms with Crippen LogP contribution in [-0.4, -0.2) is 34.7 Å². The van der Waals surface area contributed by atoms with Crippen molar-refractivity contribution >= 4 is 15.6 Å². The number of carbonyl (C=O) groups excluding carboxylic acids is 1. The predicted molar refractivity (Wildman–Crippen MR) is 48.5 cm³/mol. The van der Waals surface area contributed by atoms with Crippen molar-refractivity contribution in [3.8, 4) is 0 Å². The zero-order chi connectivity index (χ0) is 9.03. The molecule has 1 atom stereocenters. The summed E-state index contributed by atoms with van der Waals surface area (Å²) in [7, 11) is -2.21. The molecule has 1 N–H and O–H groups in total. The maximum atomic E-state index is 11.8. The predicted octanol–water partition coefficient (Wildman–Crippen LogP) is -0.00580. The molecule has 0 aromatic rings. The van der Waals surface area contributed by atoms with E-state index in [0.717, 1.165) is 13.0 Å². The van der Waals surface area contributed by atoms with Gasteiger partial charge in [0.05, 0.1) is 9.73 Å². The quantitative estimate of drug-likeness (QED) is 0.584. The minimum atomic E-state index is -2.21. The average Bonchev–Trinajstić information content (AvgIpc) is 2.12. The van der Waals surface area contributed by atoms with Gasteiger partial charge < -0.3 is 5.32 Å². The third kappa shape index (κ3) is 2.91.